The van der Waals surface area contributed by atoms with E-state index in [1.807, 2.05) is 0 Å². The van der Waals surface area contributed by atoms with Crippen LogP contribution in [0.5, 0.6) is 0 Å². The van der Waals surface area contributed by atoms with E-state index in [2.05, 4.69) is 11.7 Å². The van der Waals surface area contributed by atoms with Crippen LogP contribution >= 0.6 is 0 Å². The summed E-state index contributed by atoms with van der Waals surface area (Å²) >= 11 is 0. The molecule has 0 aromatic rings. The van der Waals surface area contributed by atoms with E-state index in [1.165, 1.54) is 0 Å². The van der Waals surface area contributed by atoms with Crippen LogP contribution in [-0.4, -0.2) is 30.8 Å². The molecule has 0 amide bonds. The predicted octanol–water partition coefficient (Wildman–Crippen LogP) is 2.37. The molecule has 0 aromatic heterocycles. The Kier molecular flexibility index (Phi) is 7.30. The third-order valence-corrected chi connectivity index (χ3v) is 3.11. The molecule has 0 rings (SSSR count). The van der Waals surface area contributed by atoms with Crippen molar-refractivity contribution < 1.29 is 31.3 Å². The summed E-state index contributed by atoms with van der Waals surface area (Å²) in [7, 11) is -5.76. The zero-order valence-corrected chi connectivity index (χ0v) is 11.0. The van der Waals surface area contributed by atoms with Gasteiger partial charge in [0.1, 0.15) is 0 Å². The maximum absolute atomic E-state index is 12.7. The van der Waals surface area contributed by atoms with Crippen molar-refractivity contribution in [3.63, 3.8) is 0 Å². The molecule has 0 aliphatic rings. The summed E-state index contributed by atoms with van der Waals surface area (Å²) < 4.78 is 58.0. The number of alkyl halides is 2. The highest BCUT2D eigenvalue weighted by Gasteiger charge is 2.54. The number of halogens is 2. The lowest BCUT2D eigenvalue weighted by atomic mass is 10.1. The molecule has 0 aliphatic heterocycles. The first-order valence-electron chi connectivity index (χ1n) is 5.75. The Morgan fingerprint density at radius 1 is 1.17 bits per heavy atom. The molecule has 0 saturated heterocycles. The Morgan fingerprint density at radius 2 is 1.67 bits per heavy atom. The summed E-state index contributed by atoms with van der Waals surface area (Å²) in [5.74, 6) is -2.24. The van der Waals surface area contributed by atoms with Crippen molar-refractivity contribution in [3.05, 3.63) is 0 Å². The Hall–Kier alpha value is -0.760. The summed E-state index contributed by atoms with van der Waals surface area (Å²) in [6.07, 6.45) is 5.18. The maximum Gasteiger partial charge on any atom is 0.465 e. The van der Waals surface area contributed by atoms with E-state index in [4.69, 9.17) is 4.55 Å². The SMILES string of the molecule is CCCCCCCCOC(=O)C(F)(F)S(=O)(=O)O. The molecule has 0 unspecified atom stereocenters. The van der Waals surface area contributed by atoms with Gasteiger partial charge in [-0.25, -0.2) is 4.79 Å². The van der Waals surface area contributed by atoms with Gasteiger partial charge < -0.3 is 4.74 Å². The Morgan fingerprint density at radius 3 is 2.17 bits per heavy atom. The topological polar surface area (TPSA) is 80.7 Å². The normalized spacial score (nSPS) is 12.4. The third kappa shape index (κ3) is 5.72. The molecule has 18 heavy (non-hydrogen) atoms. The highest BCUT2D eigenvalue weighted by molar-refractivity contribution is 7.87. The standard InChI is InChI=1S/C10H18F2O5S/c1-2-3-4-5-6-7-8-17-9(13)10(11,12)18(14,15)16/h2-8H2,1H3,(H,14,15,16). The number of unbranched alkanes of at least 4 members (excludes halogenated alkanes) is 5. The van der Waals surface area contributed by atoms with Gasteiger partial charge in [0.2, 0.25) is 0 Å². The smallest absolute Gasteiger partial charge is 0.460 e. The van der Waals surface area contributed by atoms with Gasteiger partial charge in [-0.05, 0) is 6.42 Å². The Bertz CT molecular complexity index is 353. The molecule has 8 heteroatoms. The molecule has 0 aliphatic carbocycles. The second-order valence-electron chi connectivity index (χ2n) is 3.90. The average Bonchev–Trinajstić information content (AvgIpc) is 2.26. The number of hydrogen-bond acceptors (Lipinski definition) is 4. The van der Waals surface area contributed by atoms with Gasteiger partial charge in [0.25, 0.3) is 0 Å². The van der Waals surface area contributed by atoms with E-state index in [0.29, 0.717) is 12.8 Å². The number of carbonyl (C=O) groups is 1. The number of hydrogen-bond donors (Lipinski definition) is 1. The van der Waals surface area contributed by atoms with Crippen LogP contribution in [-0.2, 0) is 19.6 Å². The number of ether oxygens (including phenoxy) is 1. The minimum absolute atomic E-state index is 0.282. The van der Waals surface area contributed by atoms with Crippen molar-refractivity contribution in [2.75, 3.05) is 6.61 Å². The second kappa shape index (κ2) is 7.63. The molecule has 0 aromatic carbocycles. The first-order valence-corrected chi connectivity index (χ1v) is 7.19. The third-order valence-electron chi connectivity index (χ3n) is 2.29. The molecule has 0 radical (unpaired) electrons. The lowest BCUT2D eigenvalue weighted by Crippen LogP contribution is -2.39. The lowest BCUT2D eigenvalue weighted by molar-refractivity contribution is -0.161. The zero-order valence-electron chi connectivity index (χ0n) is 10.2. The van der Waals surface area contributed by atoms with Crippen LogP contribution in [0.4, 0.5) is 8.78 Å². The van der Waals surface area contributed by atoms with Crippen molar-refractivity contribution in [1.82, 2.24) is 0 Å². The maximum atomic E-state index is 12.7. The monoisotopic (exact) mass is 288 g/mol. The van der Waals surface area contributed by atoms with E-state index in [1.54, 1.807) is 0 Å². The zero-order chi connectivity index (χ0) is 14.2. The number of esters is 1. The molecule has 0 spiro atoms. The predicted molar refractivity (Wildman–Crippen MR) is 60.8 cm³/mol. The van der Waals surface area contributed by atoms with Crippen molar-refractivity contribution in [1.29, 1.82) is 0 Å². The van der Waals surface area contributed by atoms with Crippen molar-refractivity contribution in [2.45, 2.75) is 50.7 Å². The Balaban J connectivity index is 3.85. The minimum Gasteiger partial charge on any atom is -0.460 e. The lowest BCUT2D eigenvalue weighted by Gasteiger charge is -2.11. The van der Waals surface area contributed by atoms with Crippen LogP contribution in [0.15, 0.2) is 0 Å². The average molecular weight is 288 g/mol. The Labute approximate surface area is 105 Å². The summed E-state index contributed by atoms with van der Waals surface area (Å²) in [4.78, 5) is 10.7. The van der Waals surface area contributed by atoms with Gasteiger partial charge >= 0.3 is 21.3 Å². The van der Waals surface area contributed by atoms with E-state index < -0.39 is 21.3 Å². The van der Waals surface area contributed by atoms with Crippen molar-refractivity contribution in [3.8, 4) is 0 Å². The van der Waals surface area contributed by atoms with Gasteiger partial charge in [-0.1, -0.05) is 39.0 Å². The first-order chi connectivity index (χ1) is 8.23. The first kappa shape index (κ1) is 17.2. The van der Waals surface area contributed by atoms with Crippen LogP contribution in [0.3, 0.4) is 0 Å². The quantitative estimate of drug-likeness (QED) is 0.400. The van der Waals surface area contributed by atoms with Crippen LogP contribution in [0.25, 0.3) is 0 Å². The number of rotatable bonds is 9. The molecule has 0 fully saturated rings. The van der Waals surface area contributed by atoms with Crippen LogP contribution in [0.2, 0.25) is 0 Å². The minimum atomic E-state index is -5.76. The fourth-order valence-corrected chi connectivity index (χ4v) is 1.51. The van der Waals surface area contributed by atoms with Crippen molar-refractivity contribution in [2.24, 2.45) is 0 Å². The van der Waals surface area contributed by atoms with Gasteiger partial charge in [-0.3, -0.25) is 4.55 Å². The summed E-state index contributed by atoms with van der Waals surface area (Å²) in [5, 5.41) is -4.89. The fraction of sp³-hybridized carbons (Fsp3) is 0.900. The molecule has 0 heterocycles. The van der Waals surface area contributed by atoms with Gasteiger partial charge in [-0.15, -0.1) is 0 Å². The number of carbonyl (C=O) groups excluding carboxylic acids is 1. The molecular weight excluding hydrogens is 270 g/mol. The molecule has 0 atom stereocenters. The highest BCUT2D eigenvalue weighted by atomic mass is 32.2. The van der Waals surface area contributed by atoms with Gasteiger partial charge in [0, 0.05) is 0 Å². The summed E-state index contributed by atoms with van der Waals surface area (Å²) in [6, 6.07) is 0. The van der Waals surface area contributed by atoms with E-state index in [-0.39, 0.29) is 6.61 Å². The largest absolute Gasteiger partial charge is 0.465 e. The molecule has 0 saturated carbocycles. The van der Waals surface area contributed by atoms with Gasteiger partial charge in [0.15, 0.2) is 0 Å². The molecule has 5 nitrogen and oxygen atoms in total. The van der Waals surface area contributed by atoms with Gasteiger partial charge in [0.05, 0.1) is 6.61 Å². The fourth-order valence-electron chi connectivity index (χ4n) is 1.24. The summed E-state index contributed by atoms with van der Waals surface area (Å²) in [6.45, 7) is 1.77. The molecule has 108 valence electrons. The molecule has 0 bridgehead atoms. The van der Waals surface area contributed by atoms with Crippen LogP contribution in [0.1, 0.15) is 45.4 Å². The van der Waals surface area contributed by atoms with E-state index in [0.717, 1.165) is 25.7 Å². The van der Waals surface area contributed by atoms with Crippen LogP contribution in [0, 0.1) is 0 Å². The van der Waals surface area contributed by atoms with E-state index >= 15 is 0 Å². The van der Waals surface area contributed by atoms with Crippen LogP contribution < -0.4 is 0 Å². The van der Waals surface area contributed by atoms with Gasteiger partial charge in [-0.2, -0.15) is 17.2 Å². The highest BCUT2D eigenvalue weighted by Crippen LogP contribution is 2.22. The molecular formula is C10H18F2O5S. The summed E-state index contributed by atoms with van der Waals surface area (Å²) in [5.41, 5.74) is 0. The van der Waals surface area contributed by atoms with Crippen molar-refractivity contribution >= 4 is 16.1 Å². The molecule has 1 N–H and O–H groups in total. The van der Waals surface area contributed by atoms with E-state index in [9.17, 15) is 22.0 Å². The second-order valence-corrected chi connectivity index (χ2v) is 5.36.